The lowest BCUT2D eigenvalue weighted by Crippen LogP contribution is -2.55. The Morgan fingerprint density at radius 2 is 2.19 bits per heavy atom. The van der Waals surface area contributed by atoms with Crippen molar-refractivity contribution in [3.8, 4) is 0 Å². The molecule has 2 unspecified atom stereocenters. The van der Waals surface area contributed by atoms with E-state index in [1.807, 2.05) is 0 Å². The standard InChI is InChI=1S/C15H20N2O3S/c1-10-2-6-17(12(8-10)14(18)19)15(20)16-5-3-13-11(9-16)4-7-21-13/h4,7,10,12H,2-3,5-6,8-9H2,1H3,(H,18,19). The van der Waals surface area contributed by atoms with Gasteiger partial charge < -0.3 is 14.9 Å². The van der Waals surface area contributed by atoms with Gasteiger partial charge in [0.05, 0.1) is 0 Å². The first kappa shape index (κ1) is 14.4. The van der Waals surface area contributed by atoms with Crippen LogP contribution in [0.5, 0.6) is 0 Å². The summed E-state index contributed by atoms with van der Waals surface area (Å²) in [4.78, 5) is 28.8. The first-order valence-electron chi connectivity index (χ1n) is 7.40. The van der Waals surface area contributed by atoms with Crippen LogP contribution in [0.15, 0.2) is 11.4 Å². The van der Waals surface area contributed by atoms with E-state index >= 15 is 0 Å². The molecule has 1 saturated heterocycles. The molecular weight excluding hydrogens is 288 g/mol. The van der Waals surface area contributed by atoms with Gasteiger partial charge in [-0.25, -0.2) is 9.59 Å². The predicted molar refractivity (Wildman–Crippen MR) is 80.4 cm³/mol. The van der Waals surface area contributed by atoms with Gasteiger partial charge >= 0.3 is 12.0 Å². The van der Waals surface area contributed by atoms with Crippen LogP contribution in [0.25, 0.3) is 0 Å². The van der Waals surface area contributed by atoms with E-state index in [1.54, 1.807) is 21.1 Å². The second kappa shape index (κ2) is 5.67. The molecule has 2 aliphatic rings. The van der Waals surface area contributed by atoms with Gasteiger partial charge in [0.1, 0.15) is 6.04 Å². The zero-order valence-electron chi connectivity index (χ0n) is 12.1. The first-order chi connectivity index (χ1) is 10.1. The number of thiophene rings is 1. The van der Waals surface area contributed by atoms with Gasteiger partial charge in [-0.1, -0.05) is 6.92 Å². The van der Waals surface area contributed by atoms with Crippen molar-refractivity contribution in [1.82, 2.24) is 9.80 Å². The maximum Gasteiger partial charge on any atom is 0.326 e. The van der Waals surface area contributed by atoms with Crippen molar-refractivity contribution in [2.45, 2.75) is 38.8 Å². The molecule has 2 amide bonds. The molecule has 1 aromatic rings. The van der Waals surface area contributed by atoms with E-state index in [-0.39, 0.29) is 6.03 Å². The highest BCUT2D eigenvalue weighted by Crippen LogP contribution is 2.28. The molecule has 0 radical (unpaired) electrons. The minimum Gasteiger partial charge on any atom is -0.480 e. The molecule has 0 bridgehead atoms. The number of hydrogen-bond acceptors (Lipinski definition) is 3. The molecule has 0 aromatic carbocycles. The summed E-state index contributed by atoms with van der Waals surface area (Å²) in [5.74, 6) is -0.525. The molecule has 0 saturated carbocycles. The average Bonchev–Trinajstić information content (AvgIpc) is 2.93. The van der Waals surface area contributed by atoms with E-state index in [0.29, 0.717) is 32.0 Å². The number of amides is 2. The number of carbonyl (C=O) groups is 2. The third kappa shape index (κ3) is 2.77. The van der Waals surface area contributed by atoms with Gasteiger partial charge in [-0.05, 0) is 42.2 Å². The molecule has 0 spiro atoms. The Kier molecular flexibility index (Phi) is 3.89. The second-order valence-corrected chi connectivity index (χ2v) is 7.00. The lowest BCUT2D eigenvalue weighted by atomic mass is 9.92. The molecule has 114 valence electrons. The molecule has 1 aromatic heterocycles. The zero-order valence-corrected chi connectivity index (χ0v) is 12.9. The summed E-state index contributed by atoms with van der Waals surface area (Å²) in [6.07, 6.45) is 2.31. The van der Waals surface area contributed by atoms with Gasteiger partial charge in [-0.2, -0.15) is 0 Å². The van der Waals surface area contributed by atoms with Crippen molar-refractivity contribution in [3.63, 3.8) is 0 Å². The van der Waals surface area contributed by atoms with Crippen LogP contribution in [0, 0.1) is 5.92 Å². The largest absolute Gasteiger partial charge is 0.480 e. The zero-order chi connectivity index (χ0) is 15.0. The number of carboxylic acids is 1. The van der Waals surface area contributed by atoms with E-state index in [2.05, 4.69) is 18.4 Å². The van der Waals surface area contributed by atoms with Gasteiger partial charge in [0.15, 0.2) is 0 Å². The van der Waals surface area contributed by atoms with E-state index < -0.39 is 12.0 Å². The van der Waals surface area contributed by atoms with Crippen LogP contribution in [-0.2, 0) is 17.8 Å². The van der Waals surface area contributed by atoms with Gasteiger partial charge in [0.2, 0.25) is 0 Å². The number of nitrogens with zero attached hydrogens (tertiary/aromatic N) is 2. The fourth-order valence-electron chi connectivity index (χ4n) is 3.20. The molecule has 3 rings (SSSR count). The summed E-state index contributed by atoms with van der Waals surface area (Å²) >= 11 is 1.73. The van der Waals surface area contributed by atoms with Crippen molar-refractivity contribution in [2.75, 3.05) is 13.1 Å². The number of aliphatic carboxylic acids is 1. The van der Waals surface area contributed by atoms with Gasteiger partial charge in [0.25, 0.3) is 0 Å². The normalized spacial score (nSPS) is 25.6. The average molecular weight is 308 g/mol. The molecular formula is C15H20N2O3S. The Morgan fingerprint density at radius 1 is 1.38 bits per heavy atom. The minimum absolute atomic E-state index is 0.119. The molecule has 2 atom stereocenters. The fourth-order valence-corrected chi connectivity index (χ4v) is 4.09. The van der Waals surface area contributed by atoms with Crippen LogP contribution < -0.4 is 0 Å². The second-order valence-electron chi connectivity index (χ2n) is 6.00. The Morgan fingerprint density at radius 3 is 2.95 bits per heavy atom. The van der Waals surface area contributed by atoms with E-state index in [1.165, 1.54) is 10.4 Å². The Labute approximate surface area is 128 Å². The molecule has 1 fully saturated rings. The lowest BCUT2D eigenvalue weighted by molar-refractivity contribution is -0.144. The highest BCUT2D eigenvalue weighted by molar-refractivity contribution is 7.10. The van der Waals surface area contributed by atoms with Crippen molar-refractivity contribution in [2.24, 2.45) is 5.92 Å². The monoisotopic (exact) mass is 308 g/mol. The SMILES string of the molecule is CC1CCN(C(=O)N2CCc3sccc3C2)C(C(=O)O)C1. The molecule has 0 aliphatic carbocycles. The highest BCUT2D eigenvalue weighted by Gasteiger charge is 2.37. The predicted octanol–water partition coefficient (Wildman–Crippen LogP) is 2.41. The fraction of sp³-hybridized carbons (Fsp3) is 0.600. The van der Waals surface area contributed by atoms with Crippen molar-refractivity contribution in [3.05, 3.63) is 21.9 Å². The van der Waals surface area contributed by atoms with Crippen molar-refractivity contribution >= 4 is 23.3 Å². The summed E-state index contributed by atoms with van der Waals surface area (Å²) < 4.78 is 0. The molecule has 1 N–H and O–H groups in total. The molecule has 21 heavy (non-hydrogen) atoms. The van der Waals surface area contributed by atoms with Crippen LogP contribution in [0.3, 0.4) is 0 Å². The summed E-state index contributed by atoms with van der Waals surface area (Å²) in [5.41, 5.74) is 1.21. The summed E-state index contributed by atoms with van der Waals surface area (Å²) in [7, 11) is 0. The van der Waals surface area contributed by atoms with Crippen LogP contribution in [0.4, 0.5) is 4.79 Å². The number of hydrogen-bond donors (Lipinski definition) is 1. The topological polar surface area (TPSA) is 60.9 Å². The van der Waals surface area contributed by atoms with Crippen LogP contribution in [0.2, 0.25) is 0 Å². The van der Waals surface area contributed by atoms with E-state index in [0.717, 1.165) is 12.8 Å². The van der Waals surface area contributed by atoms with Crippen molar-refractivity contribution in [1.29, 1.82) is 0 Å². The number of carbonyl (C=O) groups excluding carboxylic acids is 1. The third-order valence-corrected chi connectivity index (χ3v) is 5.50. The molecule has 2 aliphatic heterocycles. The smallest absolute Gasteiger partial charge is 0.326 e. The van der Waals surface area contributed by atoms with Crippen LogP contribution in [0.1, 0.15) is 30.2 Å². The minimum atomic E-state index is -0.886. The Hall–Kier alpha value is -1.56. The van der Waals surface area contributed by atoms with Gasteiger partial charge in [-0.15, -0.1) is 11.3 Å². The number of carboxylic acid groups (broad SMARTS) is 1. The maximum atomic E-state index is 12.7. The van der Waals surface area contributed by atoms with Crippen LogP contribution in [-0.4, -0.2) is 46.0 Å². The molecule has 3 heterocycles. The highest BCUT2D eigenvalue weighted by atomic mass is 32.1. The number of piperidine rings is 1. The van der Waals surface area contributed by atoms with E-state index in [9.17, 15) is 14.7 Å². The third-order valence-electron chi connectivity index (χ3n) is 4.47. The summed E-state index contributed by atoms with van der Waals surface area (Å²) in [5, 5.41) is 11.4. The van der Waals surface area contributed by atoms with Crippen LogP contribution >= 0.6 is 11.3 Å². The number of urea groups is 1. The van der Waals surface area contributed by atoms with Gasteiger partial charge in [0, 0.05) is 24.5 Å². The van der Waals surface area contributed by atoms with Gasteiger partial charge in [-0.3, -0.25) is 0 Å². The maximum absolute atomic E-state index is 12.7. The van der Waals surface area contributed by atoms with Crippen molar-refractivity contribution < 1.29 is 14.7 Å². The number of fused-ring (bicyclic) bond motifs is 1. The van der Waals surface area contributed by atoms with E-state index in [4.69, 9.17) is 0 Å². The lowest BCUT2D eigenvalue weighted by Gasteiger charge is -2.40. The molecule has 6 heteroatoms. The Balaban J connectivity index is 1.74. The quantitative estimate of drug-likeness (QED) is 0.866. The molecule has 5 nitrogen and oxygen atoms in total. The first-order valence-corrected chi connectivity index (χ1v) is 8.28. The summed E-state index contributed by atoms with van der Waals surface area (Å²) in [6.45, 7) is 3.89. The Bertz CT molecular complexity index is 557. The number of likely N-dealkylation sites (tertiary alicyclic amines) is 1. The number of rotatable bonds is 1. The summed E-state index contributed by atoms with van der Waals surface area (Å²) in [6, 6.07) is 1.27.